The average Bonchev–Trinajstić information content (AvgIpc) is 3.12. The Morgan fingerprint density at radius 1 is 1.00 bits per heavy atom. The molecule has 4 heteroatoms. The summed E-state index contributed by atoms with van der Waals surface area (Å²) in [4.78, 5) is 15.6. The lowest BCUT2D eigenvalue weighted by atomic mass is 9.94. The van der Waals surface area contributed by atoms with E-state index in [9.17, 15) is 4.79 Å². The smallest absolute Gasteiger partial charge is 0.193 e. The average molecular weight is 365 g/mol. The van der Waals surface area contributed by atoms with Crippen LogP contribution in [0.25, 0.3) is 0 Å². The molecular formula is C23H27NO3. The first-order valence-electron chi connectivity index (χ1n) is 9.76. The van der Waals surface area contributed by atoms with Crippen LogP contribution in [-0.4, -0.2) is 42.8 Å². The number of carbonyl (C=O) groups excluding carboxylic acids is 1. The van der Waals surface area contributed by atoms with Crippen molar-refractivity contribution in [1.82, 2.24) is 4.90 Å². The number of nitrogens with zero attached hydrogens (tertiary/aromatic N) is 1. The van der Waals surface area contributed by atoms with Crippen molar-refractivity contribution >= 4 is 5.78 Å². The van der Waals surface area contributed by atoms with Crippen LogP contribution in [0.3, 0.4) is 0 Å². The van der Waals surface area contributed by atoms with E-state index in [1.165, 1.54) is 5.56 Å². The molecular weight excluding hydrogens is 338 g/mol. The number of benzene rings is 2. The Hall–Kier alpha value is -2.01. The summed E-state index contributed by atoms with van der Waals surface area (Å²) in [5, 5.41) is 0. The third kappa shape index (κ3) is 3.84. The third-order valence-corrected chi connectivity index (χ3v) is 5.71. The number of ether oxygens (including phenoxy) is 2. The van der Waals surface area contributed by atoms with Gasteiger partial charge in [0.2, 0.25) is 0 Å². The lowest BCUT2D eigenvalue weighted by Gasteiger charge is -2.37. The number of ketones is 1. The van der Waals surface area contributed by atoms with E-state index in [2.05, 4.69) is 24.0 Å². The van der Waals surface area contributed by atoms with Crippen LogP contribution < -0.4 is 0 Å². The molecule has 0 radical (unpaired) electrons. The second-order valence-electron chi connectivity index (χ2n) is 7.69. The van der Waals surface area contributed by atoms with Crippen LogP contribution in [0.5, 0.6) is 0 Å². The van der Waals surface area contributed by atoms with Gasteiger partial charge in [-0.3, -0.25) is 9.69 Å². The van der Waals surface area contributed by atoms with Gasteiger partial charge >= 0.3 is 0 Å². The first-order valence-corrected chi connectivity index (χ1v) is 9.76. The summed E-state index contributed by atoms with van der Waals surface area (Å²) >= 11 is 0. The Kier molecular flexibility index (Phi) is 5.13. The monoisotopic (exact) mass is 365 g/mol. The van der Waals surface area contributed by atoms with Crippen LogP contribution >= 0.6 is 0 Å². The number of hydrogen-bond acceptors (Lipinski definition) is 4. The molecule has 0 bridgehead atoms. The molecule has 1 spiro atoms. The van der Waals surface area contributed by atoms with Crippen molar-refractivity contribution in [2.45, 2.75) is 39.0 Å². The van der Waals surface area contributed by atoms with Crippen LogP contribution in [-0.2, 0) is 16.0 Å². The first kappa shape index (κ1) is 18.4. The van der Waals surface area contributed by atoms with Crippen molar-refractivity contribution in [3.8, 4) is 0 Å². The van der Waals surface area contributed by atoms with Crippen molar-refractivity contribution < 1.29 is 14.3 Å². The van der Waals surface area contributed by atoms with E-state index in [0.29, 0.717) is 13.2 Å². The highest BCUT2D eigenvalue weighted by atomic mass is 16.7. The lowest BCUT2D eigenvalue weighted by molar-refractivity contribution is -0.185. The topological polar surface area (TPSA) is 38.8 Å². The zero-order valence-corrected chi connectivity index (χ0v) is 16.2. The van der Waals surface area contributed by atoms with Crippen molar-refractivity contribution in [3.05, 3.63) is 70.3 Å². The minimum Gasteiger partial charge on any atom is -0.347 e. The molecule has 2 aromatic rings. The van der Waals surface area contributed by atoms with Gasteiger partial charge in [0, 0.05) is 43.6 Å². The van der Waals surface area contributed by atoms with Gasteiger partial charge in [0.1, 0.15) is 0 Å². The molecule has 2 aliphatic heterocycles. The fourth-order valence-electron chi connectivity index (χ4n) is 4.17. The molecule has 142 valence electrons. The number of piperidine rings is 1. The molecule has 0 aliphatic carbocycles. The summed E-state index contributed by atoms with van der Waals surface area (Å²) in [6, 6.07) is 14.0. The Morgan fingerprint density at radius 2 is 1.70 bits per heavy atom. The van der Waals surface area contributed by atoms with Crippen LogP contribution in [0.2, 0.25) is 0 Å². The van der Waals surface area contributed by atoms with E-state index in [4.69, 9.17) is 9.47 Å². The van der Waals surface area contributed by atoms with Gasteiger partial charge in [-0.25, -0.2) is 0 Å². The summed E-state index contributed by atoms with van der Waals surface area (Å²) in [6.07, 6.45) is 1.78. The minimum absolute atomic E-state index is 0.110. The van der Waals surface area contributed by atoms with E-state index in [1.54, 1.807) is 0 Å². The fraction of sp³-hybridized carbons (Fsp3) is 0.435. The highest BCUT2D eigenvalue weighted by molar-refractivity contribution is 6.10. The second kappa shape index (κ2) is 7.55. The van der Waals surface area contributed by atoms with Gasteiger partial charge in [0.15, 0.2) is 11.6 Å². The van der Waals surface area contributed by atoms with E-state index in [-0.39, 0.29) is 11.6 Å². The van der Waals surface area contributed by atoms with Gasteiger partial charge in [-0.2, -0.15) is 0 Å². The molecule has 2 aromatic carbocycles. The van der Waals surface area contributed by atoms with E-state index < -0.39 is 0 Å². The molecule has 4 nitrogen and oxygen atoms in total. The summed E-state index contributed by atoms with van der Waals surface area (Å²) in [6.45, 7) is 8.09. The van der Waals surface area contributed by atoms with Crippen molar-refractivity contribution in [2.24, 2.45) is 0 Å². The largest absolute Gasteiger partial charge is 0.347 e. The summed E-state index contributed by atoms with van der Waals surface area (Å²) in [5.74, 6) is -0.246. The van der Waals surface area contributed by atoms with Gasteiger partial charge in [-0.15, -0.1) is 0 Å². The molecule has 0 amide bonds. The zero-order chi connectivity index (χ0) is 18.9. The Labute approximate surface area is 161 Å². The van der Waals surface area contributed by atoms with Gasteiger partial charge in [-0.1, -0.05) is 48.0 Å². The van der Waals surface area contributed by atoms with Gasteiger partial charge < -0.3 is 9.47 Å². The molecule has 2 saturated heterocycles. The second-order valence-corrected chi connectivity index (χ2v) is 7.69. The van der Waals surface area contributed by atoms with Crippen LogP contribution in [0.15, 0.2) is 42.5 Å². The molecule has 4 rings (SSSR count). The highest BCUT2D eigenvalue weighted by Gasteiger charge is 2.39. The van der Waals surface area contributed by atoms with Crippen molar-refractivity contribution in [3.63, 3.8) is 0 Å². The number of rotatable bonds is 4. The SMILES string of the molecule is Cc1ccc(C(=O)c2ccccc2CN2CCC3(CC2)OCCO3)c(C)c1. The first-order chi connectivity index (χ1) is 13.1. The quantitative estimate of drug-likeness (QED) is 0.771. The zero-order valence-electron chi connectivity index (χ0n) is 16.2. The Morgan fingerprint density at radius 3 is 2.41 bits per heavy atom. The van der Waals surface area contributed by atoms with E-state index in [1.807, 2.05) is 37.3 Å². The molecule has 2 aliphatic rings. The molecule has 2 fully saturated rings. The van der Waals surface area contributed by atoms with Crippen molar-refractivity contribution in [1.29, 1.82) is 0 Å². The Balaban J connectivity index is 1.51. The summed E-state index contributed by atoms with van der Waals surface area (Å²) in [5.41, 5.74) is 4.89. The third-order valence-electron chi connectivity index (χ3n) is 5.71. The maximum absolute atomic E-state index is 13.2. The predicted octanol–water partition coefficient (Wildman–Crippen LogP) is 3.87. The molecule has 0 N–H and O–H groups in total. The van der Waals surface area contributed by atoms with Crippen LogP contribution in [0, 0.1) is 13.8 Å². The summed E-state index contributed by atoms with van der Waals surface area (Å²) in [7, 11) is 0. The molecule has 0 saturated carbocycles. The molecule has 0 atom stereocenters. The molecule has 27 heavy (non-hydrogen) atoms. The number of hydrogen-bond donors (Lipinski definition) is 0. The molecule has 0 aromatic heterocycles. The predicted molar refractivity (Wildman–Crippen MR) is 105 cm³/mol. The van der Waals surface area contributed by atoms with E-state index >= 15 is 0 Å². The van der Waals surface area contributed by atoms with Crippen LogP contribution in [0.4, 0.5) is 0 Å². The number of carbonyl (C=O) groups is 1. The summed E-state index contributed by atoms with van der Waals surface area (Å²) < 4.78 is 11.6. The standard InChI is InChI=1S/C23H27NO3/c1-17-7-8-20(18(2)15-17)22(25)21-6-4-3-5-19(21)16-24-11-9-23(10-12-24)26-13-14-27-23/h3-8,15H,9-14,16H2,1-2H3. The van der Waals surface area contributed by atoms with Gasteiger partial charge in [-0.05, 0) is 25.0 Å². The maximum atomic E-state index is 13.2. The lowest BCUT2D eigenvalue weighted by Crippen LogP contribution is -2.44. The molecule has 2 heterocycles. The maximum Gasteiger partial charge on any atom is 0.193 e. The Bertz CT molecular complexity index is 829. The van der Waals surface area contributed by atoms with Gasteiger partial charge in [0.05, 0.1) is 13.2 Å². The molecule has 0 unspecified atom stereocenters. The number of likely N-dealkylation sites (tertiary alicyclic amines) is 1. The van der Waals surface area contributed by atoms with Crippen LogP contribution in [0.1, 0.15) is 45.5 Å². The van der Waals surface area contributed by atoms with Gasteiger partial charge in [0.25, 0.3) is 0 Å². The highest BCUT2D eigenvalue weighted by Crippen LogP contribution is 2.32. The van der Waals surface area contributed by atoms with Crippen molar-refractivity contribution in [2.75, 3.05) is 26.3 Å². The fourth-order valence-corrected chi connectivity index (χ4v) is 4.17. The number of aryl methyl sites for hydroxylation is 2. The normalized spacial score (nSPS) is 19.5. The van der Waals surface area contributed by atoms with E-state index in [0.717, 1.165) is 54.7 Å². The minimum atomic E-state index is -0.356.